The Morgan fingerprint density at radius 1 is 1.41 bits per heavy atom. The van der Waals surface area contributed by atoms with Crippen molar-refractivity contribution >= 4 is 21.6 Å². The van der Waals surface area contributed by atoms with Crippen LogP contribution in [0.5, 0.6) is 0 Å². The van der Waals surface area contributed by atoms with Crippen LogP contribution in [-0.2, 0) is 25.9 Å². The van der Waals surface area contributed by atoms with E-state index < -0.39 is 0 Å². The summed E-state index contributed by atoms with van der Waals surface area (Å²) in [6, 6.07) is 4.50. The van der Waals surface area contributed by atoms with Crippen molar-refractivity contribution in [1.29, 1.82) is 0 Å². The van der Waals surface area contributed by atoms with Gasteiger partial charge in [-0.2, -0.15) is 0 Å². The number of aryl methyl sites for hydroxylation is 2. The number of aromatic nitrogens is 3. The maximum Gasteiger partial charge on any atom is 0.262 e. The summed E-state index contributed by atoms with van der Waals surface area (Å²) in [5, 5.41) is 4.51. The van der Waals surface area contributed by atoms with Crippen LogP contribution >= 0.6 is 11.3 Å². The molecular weight excluding hydrogens is 356 g/mol. The zero-order chi connectivity index (χ0) is 18.8. The fourth-order valence-corrected chi connectivity index (χ4v) is 4.95. The molecule has 0 amide bonds. The summed E-state index contributed by atoms with van der Waals surface area (Å²) in [5.41, 5.74) is 2.58. The lowest BCUT2D eigenvalue weighted by molar-refractivity contribution is 0.462. The van der Waals surface area contributed by atoms with Crippen molar-refractivity contribution < 1.29 is 0 Å². The molecule has 1 aliphatic carbocycles. The molecule has 1 atom stereocenters. The number of nitrogens with one attached hydrogen (secondary N) is 1. The Bertz CT molecular complexity index is 977. The van der Waals surface area contributed by atoms with Crippen molar-refractivity contribution in [3.05, 3.63) is 57.2 Å². The first-order valence-electron chi connectivity index (χ1n) is 9.73. The molecule has 3 aromatic rings. The molecular formula is C21H26N4OS. The number of fused-ring (bicyclic) bond motifs is 3. The molecule has 3 aromatic heterocycles. The third kappa shape index (κ3) is 3.96. The van der Waals surface area contributed by atoms with Crippen molar-refractivity contribution in [2.45, 2.75) is 58.7 Å². The van der Waals surface area contributed by atoms with Crippen molar-refractivity contribution in [3.63, 3.8) is 0 Å². The molecule has 5 nitrogen and oxygen atoms in total. The van der Waals surface area contributed by atoms with Gasteiger partial charge in [-0.3, -0.25) is 14.3 Å². The quantitative estimate of drug-likeness (QED) is 0.708. The van der Waals surface area contributed by atoms with Crippen LogP contribution in [0.1, 0.15) is 42.7 Å². The second-order valence-electron chi connectivity index (χ2n) is 7.79. The Morgan fingerprint density at radius 3 is 3.07 bits per heavy atom. The van der Waals surface area contributed by atoms with Crippen molar-refractivity contribution in [2.24, 2.45) is 5.92 Å². The molecule has 0 radical (unpaired) electrons. The Hall–Kier alpha value is -2.05. The lowest BCUT2D eigenvalue weighted by Gasteiger charge is -2.23. The monoisotopic (exact) mass is 382 g/mol. The smallest absolute Gasteiger partial charge is 0.262 e. The minimum Gasteiger partial charge on any atom is -0.309 e. The summed E-state index contributed by atoms with van der Waals surface area (Å²) in [4.78, 5) is 24.0. The van der Waals surface area contributed by atoms with Gasteiger partial charge in [-0.05, 0) is 48.8 Å². The minimum absolute atomic E-state index is 0.139. The summed E-state index contributed by atoms with van der Waals surface area (Å²) in [6.07, 6.45) is 9.41. The maximum atomic E-state index is 13.0. The van der Waals surface area contributed by atoms with Gasteiger partial charge in [0.2, 0.25) is 0 Å². The average Bonchev–Trinajstić information content (AvgIpc) is 3.05. The molecule has 0 saturated heterocycles. The molecule has 0 unspecified atom stereocenters. The Balaban J connectivity index is 1.52. The van der Waals surface area contributed by atoms with Gasteiger partial charge in [-0.15, -0.1) is 11.3 Å². The molecule has 0 saturated carbocycles. The standard InChI is InChI=1S/C21H26N4OS/c1-14(2)7-9-25-13-24-20-19(21(25)26)17-6-5-16(10-18(17)27-20)23-12-15-4-3-8-22-11-15/h3-4,8,11,13-14,16,23H,5-7,9-10,12H2,1-2H3/t16-/m1/s1. The molecule has 0 bridgehead atoms. The number of nitrogens with zero attached hydrogens (tertiary/aromatic N) is 3. The largest absolute Gasteiger partial charge is 0.309 e. The highest BCUT2D eigenvalue weighted by molar-refractivity contribution is 7.18. The van der Waals surface area contributed by atoms with Gasteiger partial charge in [0.05, 0.1) is 11.7 Å². The van der Waals surface area contributed by atoms with Gasteiger partial charge in [-0.1, -0.05) is 19.9 Å². The van der Waals surface area contributed by atoms with Crippen LogP contribution < -0.4 is 10.9 Å². The van der Waals surface area contributed by atoms with Crippen LogP contribution in [0.2, 0.25) is 0 Å². The second kappa shape index (κ2) is 7.90. The molecule has 142 valence electrons. The van der Waals surface area contributed by atoms with Gasteiger partial charge < -0.3 is 5.32 Å². The van der Waals surface area contributed by atoms with E-state index in [1.54, 1.807) is 28.4 Å². The lowest BCUT2D eigenvalue weighted by atomic mass is 9.93. The van der Waals surface area contributed by atoms with Crippen LogP contribution in [-0.4, -0.2) is 20.6 Å². The Labute approximate surface area is 163 Å². The van der Waals surface area contributed by atoms with E-state index in [0.717, 1.165) is 49.0 Å². The summed E-state index contributed by atoms with van der Waals surface area (Å²) in [5.74, 6) is 0.579. The van der Waals surface area contributed by atoms with Gasteiger partial charge in [0.1, 0.15) is 4.83 Å². The van der Waals surface area contributed by atoms with Gasteiger partial charge >= 0.3 is 0 Å². The normalized spacial score (nSPS) is 16.8. The van der Waals surface area contributed by atoms with E-state index in [9.17, 15) is 4.79 Å². The number of hydrogen-bond acceptors (Lipinski definition) is 5. The highest BCUT2D eigenvalue weighted by atomic mass is 32.1. The van der Waals surface area contributed by atoms with E-state index in [0.29, 0.717) is 12.0 Å². The fraction of sp³-hybridized carbons (Fsp3) is 0.476. The van der Waals surface area contributed by atoms with E-state index in [4.69, 9.17) is 0 Å². The van der Waals surface area contributed by atoms with E-state index >= 15 is 0 Å². The molecule has 4 rings (SSSR count). The number of rotatable bonds is 6. The number of pyridine rings is 1. The molecule has 0 spiro atoms. The number of hydrogen-bond donors (Lipinski definition) is 1. The highest BCUT2D eigenvalue weighted by Gasteiger charge is 2.25. The molecule has 0 aliphatic heterocycles. The van der Waals surface area contributed by atoms with E-state index in [1.165, 1.54) is 16.0 Å². The van der Waals surface area contributed by atoms with E-state index in [2.05, 4.69) is 35.2 Å². The Kier molecular flexibility index (Phi) is 5.36. The first-order valence-corrected chi connectivity index (χ1v) is 10.6. The third-order valence-corrected chi connectivity index (χ3v) is 6.46. The molecule has 0 fully saturated rings. The van der Waals surface area contributed by atoms with Crippen LogP contribution in [0.4, 0.5) is 0 Å². The van der Waals surface area contributed by atoms with Gasteiger partial charge in [0.15, 0.2) is 0 Å². The van der Waals surface area contributed by atoms with Crippen molar-refractivity contribution in [3.8, 4) is 0 Å². The zero-order valence-electron chi connectivity index (χ0n) is 15.9. The summed E-state index contributed by atoms with van der Waals surface area (Å²) in [6.45, 7) is 5.95. The zero-order valence-corrected chi connectivity index (χ0v) is 16.8. The predicted octanol–water partition coefficient (Wildman–Crippen LogP) is 3.55. The lowest BCUT2D eigenvalue weighted by Crippen LogP contribution is -2.33. The average molecular weight is 383 g/mol. The van der Waals surface area contributed by atoms with E-state index in [1.807, 2.05) is 12.3 Å². The SMILES string of the molecule is CC(C)CCn1cnc2sc3c(c2c1=O)CC[C@@H](NCc1cccnc1)C3. The first kappa shape index (κ1) is 18.3. The second-order valence-corrected chi connectivity index (χ2v) is 8.88. The topological polar surface area (TPSA) is 59.8 Å². The molecule has 27 heavy (non-hydrogen) atoms. The molecule has 3 heterocycles. The fourth-order valence-electron chi connectivity index (χ4n) is 3.70. The minimum atomic E-state index is 0.139. The predicted molar refractivity (Wildman–Crippen MR) is 110 cm³/mol. The van der Waals surface area contributed by atoms with Gasteiger partial charge in [-0.25, -0.2) is 4.98 Å². The van der Waals surface area contributed by atoms with E-state index in [-0.39, 0.29) is 5.56 Å². The van der Waals surface area contributed by atoms with Crippen LogP contribution in [0.15, 0.2) is 35.6 Å². The molecule has 6 heteroatoms. The first-order chi connectivity index (χ1) is 13.1. The Morgan fingerprint density at radius 2 is 2.30 bits per heavy atom. The van der Waals surface area contributed by atoms with Gasteiger partial charge in [0, 0.05) is 36.4 Å². The molecule has 1 N–H and O–H groups in total. The highest BCUT2D eigenvalue weighted by Crippen LogP contribution is 2.33. The van der Waals surface area contributed by atoms with Crippen molar-refractivity contribution in [2.75, 3.05) is 0 Å². The summed E-state index contributed by atoms with van der Waals surface area (Å²) >= 11 is 1.70. The van der Waals surface area contributed by atoms with Crippen LogP contribution in [0.3, 0.4) is 0 Å². The molecule has 1 aliphatic rings. The van der Waals surface area contributed by atoms with Crippen LogP contribution in [0.25, 0.3) is 10.2 Å². The number of thiophene rings is 1. The summed E-state index contributed by atoms with van der Waals surface area (Å²) in [7, 11) is 0. The van der Waals surface area contributed by atoms with Crippen LogP contribution in [0, 0.1) is 5.92 Å². The summed E-state index contributed by atoms with van der Waals surface area (Å²) < 4.78 is 1.79. The third-order valence-electron chi connectivity index (χ3n) is 5.30. The van der Waals surface area contributed by atoms with Gasteiger partial charge in [0.25, 0.3) is 5.56 Å². The maximum absolute atomic E-state index is 13.0. The molecule has 0 aromatic carbocycles. The van der Waals surface area contributed by atoms with Crippen molar-refractivity contribution in [1.82, 2.24) is 19.9 Å².